The highest BCUT2D eigenvalue weighted by Gasteiger charge is 2.09. The number of benzene rings is 2. The van der Waals surface area contributed by atoms with Crippen LogP contribution in [0.3, 0.4) is 0 Å². The Labute approximate surface area is 166 Å². The van der Waals surface area contributed by atoms with Gasteiger partial charge in [-0.15, -0.1) is 0 Å². The summed E-state index contributed by atoms with van der Waals surface area (Å²) in [4.78, 5) is 11.5. The maximum absolute atomic E-state index is 10.4. The minimum atomic E-state index is -0.980. The third-order valence-corrected chi connectivity index (χ3v) is 4.51. The summed E-state index contributed by atoms with van der Waals surface area (Å²) in [5.41, 5.74) is 1.32. The van der Waals surface area contributed by atoms with E-state index in [0.29, 0.717) is 12.5 Å². The van der Waals surface area contributed by atoms with Crippen molar-refractivity contribution in [2.45, 2.75) is 32.1 Å². The second-order valence-corrected chi connectivity index (χ2v) is 7.78. The average molecular weight is 391 g/mol. The van der Waals surface area contributed by atoms with E-state index in [9.17, 15) is 9.90 Å². The van der Waals surface area contributed by atoms with Gasteiger partial charge in [-0.2, -0.15) is 0 Å². The molecule has 0 saturated heterocycles. The highest BCUT2D eigenvalue weighted by molar-refractivity contribution is 7.97. The van der Waals surface area contributed by atoms with Crippen LogP contribution in [0.4, 0.5) is 4.79 Å². The fraction of sp³-hybridized carbons (Fsp3) is 0.381. The maximum Gasteiger partial charge on any atom is 0.404 e. The van der Waals surface area contributed by atoms with Crippen molar-refractivity contribution in [1.29, 1.82) is 0 Å². The Morgan fingerprint density at radius 1 is 1.11 bits per heavy atom. The summed E-state index contributed by atoms with van der Waals surface area (Å²) >= 11 is 1.63. The monoisotopic (exact) mass is 390 g/mol. The molecule has 0 aliphatic carbocycles. The molecule has 0 saturated carbocycles. The molecule has 2 rings (SSSR count). The van der Waals surface area contributed by atoms with E-state index in [1.54, 1.807) is 24.1 Å². The zero-order chi connectivity index (χ0) is 20.1. The standard InChI is InChI=1S/C14H22N2O3S.C7H8/c1-11(2)10-16(9-3-8-15-14(18)19)20-13-6-4-12(17)5-7-13;1-7-5-3-2-4-6-7/h4-7,11,15,17H,3,8-10H2,1-2H3,(H,18,19);2-6H,1H3. The van der Waals surface area contributed by atoms with Crippen molar-refractivity contribution in [3.63, 3.8) is 0 Å². The van der Waals surface area contributed by atoms with Crippen LogP contribution in [0.5, 0.6) is 5.75 Å². The number of rotatable bonds is 8. The van der Waals surface area contributed by atoms with Gasteiger partial charge in [0, 0.05) is 24.5 Å². The summed E-state index contributed by atoms with van der Waals surface area (Å²) in [5, 5.41) is 20.2. The lowest BCUT2D eigenvalue weighted by atomic mass is 10.2. The summed E-state index contributed by atoms with van der Waals surface area (Å²) < 4.78 is 2.22. The van der Waals surface area contributed by atoms with Crippen LogP contribution in [-0.2, 0) is 0 Å². The molecule has 27 heavy (non-hydrogen) atoms. The predicted molar refractivity (Wildman–Crippen MR) is 112 cm³/mol. The van der Waals surface area contributed by atoms with Gasteiger partial charge in [0.25, 0.3) is 0 Å². The summed E-state index contributed by atoms with van der Waals surface area (Å²) in [7, 11) is 0. The lowest BCUT2D eigenvalue weighted by Gasteiger charge is -2.23. The average Bonchev–Trinajstić information content (AvgIpc) is 2.61. The largest absolute Gasteiger partial charge is 0.508 e. The number of phenolic OH excluding ortho intramolecular Hbond substituents is 1. The Hall–Kier alpha value is -2.18. The molecule has 2 aromatic carbocycles. The van der Waals surface area contributed by atoms with E-state index in [4.69, 9.17) is 5.11 Å². The second-order valence-electron chi connectivity index (χ2n) is 6.61. The zero-order valence-corrected chi connectivity index (χ0v) is 17.1. The molecule has 3 N–H and O–H groups in total. The predicted octanol–water partition coefficient (Wildman–Crippen LogP) is 5.01. The Kier molecular flexibility index (Phi) is 11.1. The molecule has 0 aliphatic heterocycles. The van der Waals surface area contributed by atoms with E-state index in [0.717, 1.165) is 24.4 Å². The summed E-state index contributed by atoms with van der Waals surface area (Å²) in [6.45, 7) is 8.59. The molecule has 5 nitrogen and oxygen atoms in total. The molecule has 0 heterocycles. The molecule has 0 unspecified atom stereocenters. The molecule has 0 bridgehead atoms. The van der Waals surface area contributed by atoms with Gasteiger partial charge < -0.3 is 15.5 Å². The number of nitrogens with one attached hydrogen (secondary N) is 1. The Balaban J connectivity index is 0.000000433. The van der Waals surface area contributed by atoms with Gasteiger partial charge in [-0.1, -0.05) is 49.7 Å². The molecule has 0 radical (unpaired) electrons. The lowest BCUT2D eigenvalue weighted by Crippen LogP contribution is -2.27. The van der Waals surface area contributed by atoms with Crippen LogP contribution in [0.1, 0.15) is 25.8 Å². The molecular formula is C21H30N2O3S. The first-order chi connectivity index (χ1) is 12.9. The Morgan fingerprint density at radius 2 is 1.74 bits per heavy atom. The zero-order valence-electron chi connectivity index (χ0n) is 16.3. The van der Waals surface area contributed by atoms with Crippen molar-refractivity contribution in [2.24, 2.45) is 5.92 Å². The molecule has 0 atom stereocenters. The number of amides is 1. The van der Waals surface area contributed by atoms with Gasteiger partial charge in [0.05, 0.1) is 0 Å². The first kappa shape index (κ1) is 22.9. The molecule has 2 aromatic rings. The first-order valence-corrected chi connectivity index (χ1v) is 9.84. The number of aryl methyl sites for hydroxylation is 1. The van der Waals surface area contributed by atoms with E-state index in [1.165, 1.54) is 5.56 Å². The molecule has 148 valence electrons. The minimum absolute atomic E-state index is 0.260. The van der Waals surface area contributed by atoms with Gasteiger partial charge in [0.1, 0.15) is 5.75 Å². The second kappa shape index (κ2) is 13.1. The number of hydrogen-bond acceptors (Lipinski definition) is 4. The third-order valence-electron chi connectivity index (χ3n) is 3.44. The van der Waals surface area contributed by atoms with Crippen LogP contribution in [0.2, 0.25) is 0 Å². The summed E-state index contributed by atoms with van der Waals surface area (Å²) in [6.07, 6.45) is -0.212. The molecule has 0 fully saturated rings. The summed E-state index contributed by atoms with van der Waals surface area (Å²) in [6, 6.07) is 17.4. The van der Waals surface area contributed by atoms with Gasteiger partial charge in [-0.05, 0) is 55.5 Å². The number of nitrogens with zero attached hydrogens (tertiary/aromatic N) is 1. The Bertz CT molecular complexity index is 648. The van der Waals surface area contributed by atoms with Gasteiger partial charge in [0.15, 0.2) is 0 Å². The molecule has 1 amide bonds. The molecule has 0 spiro atoms. The SMILES string of the molecule is CC(C)CN(CCCNC(=O)O)Sc1ccc(O)cc1.Cc1ccccc1. The molecular weight excluding hydrogens is 360 g/mol. The molecule has 6 heteroatoms. The Morgan fingerprint density at radius 3 is 2.22 bits per heavy atom. The van der Waals surface area contributed by atoms with E-state index in [1.807, 2.05) is 30.3 Å². The van der Waals surface area contributed by atoms with Crippen LogP contribution >= 0.6 is 11.9 Å². The van der Waals surface area contributed by atoms with Crippen molar-refractivity contribution < 1.29 is 15.0 Å². The van der Waals surface area contributed by atoms with E-state index < -0.39 is 6.09 Å². The molecule has 0 aromatic heterocycles. The van der Waals surface area contributed by atoms with Gasteiger partial charge in [-0.25, -0.2) is 9.10 Å². The van der Waals surface area contributed by atoms with Crippen LogP contribution in [0.15, 0.2) is 59.5 Å². The topological polar surface area (TPSA) is 72.8 Å². The van der Waals surface area contributed by atoms with Crippen molar-refractivity contribution in [3.05, 3.63) is 60.2 Å². The van der Waals surface area contributed by atoms with E-state index in [-0.39, 0.29) is 5.75 Å². The fourth-order valence-electron chi connectivity index (χ4n) is 2.22. The van der Waals surface area contributed by atoms with Crippen molar-refractivity contribution in [3.8, 4) is 5.75 Å². The van der Waals surface area contributed by atoms with Crippen LogP contribution in [-0.4, -0.2) is 40.2 Å². The van der Waals surface area contributed by atoms with Gasteiger partial charge in [0.2, 0.25) is 0 Å². The minimum Gasteiger partial charge on any atom is -0.508 e. The van der Waals surface area contributed by atoms with E-state index >= 15 is 0 Å². The maximum atomic E-state index is 10.4. The van der Waals surface area contributed by atoms with Crippen LogP contribution in [0.25, 0.3) is 0 Å². The first-order valence-electron chi connectivity index (χ1n) is 9.07. The number of aromatic hydroxyl groups is 1. The van der Waals surface area contributed by atoms with Gasteiger partial charge in [-0.3, -0.25) is 0 Å². The highest BCUT2D eigenvalue weighted by atomic mass is 32.2. The quantitative estimate of drug-likeness (QED) is 0.436. The lowest BCUT2D eigenvalue weighted by molar-refractivity contribution is 0.194. The highest BCUT2D eigenvalue weighted by Crippen LogP contribution is 2.25. The number of phenols is 1. The smallest absolute Gasteiger partial charge is 0.404 e. The van der Waals surface area contributed by atoms with E-state index in [2.05, 4.69) is 42.5 Å². The third kappa shape index (κ3) is 11.9. The number of hydrogen-bond donors (Lipinski definition) is 3. The van der Waals surface area contributed by atoms with Crippen molar-refractivity contribution in [2.75, 3.05) is 19.6 Å². The van der Waals surface area contributed by atoms with Crippen molar-refractivity contribution in [1.82, 2.24) is 9.62 Å². The summed E-state index contributed by atoms with van der Waals surface area (Å²) in [5.74, 6) is 0.794. The van der Waals surface area contributed by atoms with Crippen LogP contribution < -0.4 is 5.32 Å². The fourth-order valence-corrected chi connectivity index (χ4v) is 3.37. The molecule has 0 aliphatic rings. The normalized spacial score (nSPS) is 10.4. The van der Waals surface area contributed by atoms with Crippen molar-refractivity contribution >= 4 is 18.0 Å². The van der Waals surface area contributed by atoms with Crippen LogP contribution in [0, 0.1) is 12.8 Å². The number of carbonyl (C=O) groups is 1. The number of carboxylic acid groups (broad SMARTS) is 1. The van der Waals surface area contributed by atoms with Gasteiger partial charge >= 0.3 is 6.09 Å².